The van der Waals surface area contributed by atoms with Crippen molar-refractivity contribution in [2.24, 2.45) is 0 Å². The fourth-order valence-corrected chi connectivity index (χ4v) is 5.35. The number of carbonyl (C=O) groups excluding carboxylic acids is 1. The summed E-state index contributed by atoms with van der Waals surface area (Å²) in [7, 11) is 1.82. The van der Waals surface area contributed by atoms with Gasteiger partial charge in [-0.1, -0.05) is 65.5 Å². The molecule has 1 amide bonds. The third-order valence-corrected chi connectivity index (χ3v) is 6.76. The molecular weight excluding hydrogens is 416 g/mol. The van der Waals surface area contributed by atoms with Crippen LogP contribution in [-0.4, -0.2) is 30.7 Å². The highest BCUT2D eigenvalue weighted by Gasteiger charge is 2.53. The highest BCUT2D eigenvalue weighted by Crippen LogP contribution is 2.53. The van der Waals surface area contributed by atoms with Crippen LogP contribution >= 0.6 is 15.9 Å². The molecule has 1 spiro atoms. The lowest BCUT2D eigenvalue weighted by Crippen LogP contribution is -2.47. The maximum Gasteiger partial charge on any atom is 0.238 e. The molecule has 2 unspecified atom stereocenters. The average Bonchev–Trinajstić information content (AvgIpc) is 2.93. The van der Waals surface area contributed by atoms with Gasteiger partial charge in [0.1, 0.15) is 0 Å². The molecule has 2 aromatic rings. The first-order valence-electron chi connectivity index (χ1n) is 10.1. The minimum atomic E-state index is -0.702. The quantitative estimate of drug-likeness (QED) is 0.724. The summed E-state index contributed by atoms with van der Waals surface area (Å²) in [4.78, 5) is 15.8. The summed E-state index contributed by atoms with van der Waals surface area (Å²) in [5.74, 6) is 0.143. The van der Waals surface area contributed by atoms with E-state index in [0.29, 0.717) is 6.54 Å². The second-order valence-corrected chi connectivity index (χ2v) is 8.88. The number of benzene rings is 2. The minimum Gasteiger partial charge on any atom is -0.389 e. The Hall–Kier alpha value is -1.69. The average molecular weight is 443 g/mol. The van der Waals surface area contributed by atoms with Crippen LogP contribution in [0.15, 0.2) is 53.0 Å². The number of halogens is 1. The predicted octanol–water partition coefficient (Wildman–Crippen LogP) is 4.32. The van der Waals surface area contributed by atoms with E-state index in [4.69, 9.17) is 0 Å². The van der Waals surface area contributed by atoms with Crippen LogP contribution in [-0.2, 0) is 10.2 Å². The van der Waals surface area contributed by atoms with Gasteiger partial charge in [0.2, 0.25) is 5.91 Å². The normalized spacial score (nSPS) is 20.2. The van der Waals surface area contributed by atoms with E-state index in [0.717, 1.165) is 47.0 Å². The number of hydrogen-bond acceptors (Lipinski definition) is 3. The topological polar surface area (TPSA) is 52.6 Å². The standard InChI is InChI=1S/C23H27BrN2O2/c1-25-15-20(27)21(16-8-4-2-5-9-16)26-19-11-10-17(24)14-18(19)23(22(26)28)12-6-3-7-13-23/h2,4-5,8-11,14,20-21,25,27H,3,6-7,12-13,15H2,1H3. The predicted molar refractivity (Wildman–Crippen MR) is 116 cm³/mol. The lowest BCUT2D eigenvalue weighted by molar-refractivity contribution is -0.125. The van der Waals surface area contributed by atoms with Crippen molar-refractivity contribution < 1.29 is 9.90 Å². The van der Waals surface area contributed by atoms with Crippen molar-refractivity contribution >= 4 is 27.5 Å². The SMILES string of the molecule is CNCC(O)C(c1ccccc1)N1C(=O)C2(CCCCC2)c2cc(Br)ccc21. The Kier molecular flexibility index (Phi) is 5.59. The number of aliphatic hydroxyl groups is 1. The fourth-order valence-electron chi connectivity index (χ4n) is 4.99. The fraction of sp³-hybridized carbons (Fsp3) is 0.435. The van der Waals surface area contributed by atoms with E-state index in [1.54, 1.807) is 0 Å². The summed E-state index contributed by atoms with van der Waals surface area (Å²) in [6, 6.07) is 15.6. The molecule has 1 aliphatic heterocycles. The summed E-state index contributed by atoms with van der Waals surface area (Å²) >= 11 is 3.60. The van der Waals surface area contributed by atoms with Crippen LogP contribution in [0.3, 0.4) is 0 Å². The second-order valence-electron chi connectivity index (χ2n) is 7.96. The van der Waals surface area contributed by atoms with Gasteiger partial charge in [0.05, 0.1) is 17.6 Å². The van der Waals surface area contributed by atoms with Gasteiger partial charge >= 0.3 is 0 Å². The number of anilines is 1. The largest absolute Gasteiger partial charge is 0.389 e. The van der Waals surface area contributed by atoms with Crippen LogP contribution < -0.4 is 10.2 Å². The van der Waals surface area contributed by atoms with Gasteiger partial charge in [0.15, 0.2) is 0 Å². The van der Waals surface area contributed by atoms with Crippen molar-refractivity contribution in [3.8, 4) is 0 Å². The van der Waals surface area contributed by atoms with E-state index in [-0.39, 0.29) is 5.91 Å². The zero-order valence-electron chi connectivity index (χ0n) is 16.2. The highest BCUT2D eigenvalue weighted by molar-refractivity contribution is 9.10. The molecule has 0 bridgehead atoms. The van der Waals surface area contributed by atoms with Gasteiger partial charge in [-0.05, 0) is 49.2 Å². The molecule has 2 aliphatic rings. The van der Waals surface area contributed by atoms with Crippen molar-refractivity contribution in [1.82, 2.24) is 5.32 Å². The Labute approximate surface area is 175 Å². The molecule has 148 valence electrons. The molecular formula is C23H27BrN2O2. The number of hydrogen-bond donors (Lipinski definition) is 2. The molecule has 0 saturated heterocycles. The Bertz CT molecular complexity index is 849. The second kappa shape index (κ2) is 7.97. The van der Waals surface area contributed by atoms with Crippen molar-refractivity contribution in [2.45, 2.75) is 49.7 Å². The van der Waals surface area contributed by atoms with E-state index < -0.39 is 17.6 Å². The molecule has 2 atom stereocenters. The Morgan fingerprint density at radius 3 is 2.54 bits per heavy atom. The van der Waals surface area contributed by atoms with Gasteiger partial charge in [-0.2, -0.15) is 0 Å². The van der Waals surface area contributed by atoms with Crippen LogP contribution in [0.1, 0.15) is 49.3 Å². The number of likely N-dealkylation sites (N-methyl/N-ethyl adjacent to an activating group) is 1. The van der Waals surface area contributed by atoms with Crippen LogP contribution in [0.2, 0.25) is 0 Å². The van der Waals surface area contributed by atoms with Crippen molar-refractivity contribution in [3.05, 3.63) is 64.1 Å². The zero-order valence-corrected chi connectivity index (χ0v) is 17.8. The van der Waals surface area contributed by atoms with Crippen molar-refractivity contribution in [1.29, 1.82) is 0 Å². The van der Waals surface area contributed by atoms with Crippen molar-refractivity contribution in [2.75, 3.05) is 18.5 Å². The molecule has 2 aromatic carbocycles. The van der Waals surface area contributed by atoms with Gasteiger partial charge in [0, 0.05) is 16.7 Å². The maximum absolute atomic E-state index is 14.0. The zero-order chi connectivity index (χ0) is 19.7. The monoisotopic (exact) mass is 442 g/mol. The molecule has 0 aromatic heterocycles. The molecule has 1 saturated carbocycles. The van der Waals surface area contributed by atoms with E-state index >= 15 is 0 Å². The van der Waals surface area contributed by atoms with Gasteiger partial charge in [0.25, 0.3) is 0 Å². The number of carbonyl (C=O) groups is 1. The first-order valence-corrected chi connectivity index (χ1v) is 10.9. The summed E-state index contributed by atoms with van der Waals surface area (Å²) in [6.07, 6.45) is 4.39. The molecule has 1 fully saturated rings. The van der Waals surface area contributed by atoms with E-state index in [9.17, 15) is 9.90 Å². The smallest absolute Gasteiger partial charge is 0.238 e. The molecule has 5 heteroatoms. The summed E-state index contributed by atoms with van der Waals surface area (Å²) in [5, 5.41) is 14.1. The molecule has 1 aliphatic carbocycles. The van der Waals surface area contributed by atoms with Crippen LogP contribution in [0, 0.1) is 0 Å². The molecule has 28 heavy (non-hydrogen) atoms. The molecule has 4 rings (SSSR count). The van der Waals surface area contributed by atoms with Crippen molar-refractivity contribution in [3.63, 3.8) is 0 Å². The van der Waals surface area contributed by atoms with E-state index in [1.807, 2.05) is 54.4 Å². The minimum absolute atomic E-state index is 0.143. The number of aliphatic hydroxyl groups excluding tert-OH is 1. The Morgan fingerprint density at radius 2 is 1.86 bits per heavy atom. The van der Waals surface area contributed by atoms with Gasteiger partial charge in [-0.15, -0.1) is 0 Å². The van der Waals surface area contributed by atoms with Crippen LogP contribution in [0.5, 0.6) is 0 Å². The summed E-state index contributed by atoms with van der Waals surface area (Å²) in [5.41, 5.74) is 2.56. The van der Waals surface area contributed by atoms with Crippen LogP contribution in [0.4, 0.5) is 5.69 Å². The lowest BCUT2D eigenvalue weighted by atomic mass is 9.70. The molecule has 0 radical (unpaired) electrons. The van der Waals surface area contributed by atoms with Gasteiger partial charge in [-0.3, -0.25) is 4.79 Å². The third-order valence-electron chi connectivity index (χ3n) is 6.27. The number of fused-ring (bicyclic) bond motifs is 2. The first kappa shape index (κ1) is 19.6. The van der Waals surface area contributed by atoms with E-state index in [1.165, 1.54) is 6.42 Å². The summed E-state index contributed by atoms with van der Waals surface area (Å²) < 4.78 is 0.998. The van der Waals surface area contributed by atoms with Gasteiger partial charge < -0.3 is 15.3 Å². The molecule has 2 N–H and O–H groups in total. The maximum atomic E-state index is 14.0. The summed E-state index contributed by atoms with van der Waals surface area (Å²) in [6.45, 7) is 0.419. The van der Waals surface area contributed by atoms with Gasteiger partial charge in [-0.25, -0.2) is 0 Å². The Morgan fingerprint density at radius 1 is 1.14 bits per heavy atom. The first-order chi connectivity index (χ1) is 13.6. The number of nitrogens with one attached hydrogen (secondary N) is 1. The third kappa shape index (κ3) is 3.19. The molecule has 4 nitrogen and oxygen atoms in total. The number of nitrogens with zero attached hydrogens (tertiary/aromatic N) is 1. The number of rotatable bonds is 5. The lowest BCUT2D eigenvalue weighted by Gasteiger charge is -2.36. The Balaban J connectivity index is 1.86. The molecule has 1 heterocycles. The van der Waals surface area contributed by atoms with E-state index in [2.05, 4.69) is 27.3 Å². The highest BCUT2D eigenvalue weighted by atomic mass is 79.9. The number of amides is 1. The van der Waals surface area contributed by atoms with Crippen LogP contribution in [0.25, 0.3) is 0 Å².